The van der Waals surface area contributed by atoms with Gasteiger partial charge in [-0.2, -0.15) is 0 Å². The summed E-state index contributed by atoms with van der Waals surface area (Å²) in [5.41, 5.74) is 0.792. The van der Waals surface area contributed by atoms with Crippen molar-refractivity contribution < 1.29 is 23.5 Å². The fraction of sp³-hybridized carbons (Fsp3) is 0.304. The highest BCUT2D eigenvalue weighted by molar-refractivity contribution is 5.95. The van der Waals surface area contributed by atoms with Crippen LogP contribution in [0.4, 0.5) is 4.39 Å². The van der Waals surface area contributed by atoms with Crippen LogP contribution in [0.2, 0.25) is 0 Å². The minimum atomic E-state index is -1.15. The molecule has 2 heterocycles. The van der Waals surface area contributed by atoms with E-state index >= 15 is 0 Å². The van der Waals surface area contributed by atoms with Crippen molar-refractivity contribution in [2.45, 2.75) is 31.9 Å². The van der Waals surface area contributed by atoms with E-state index in [4.69, 9.17) is 9.47 Å². The minimum absolute atomic E-state index is 0.0377. The molecule has 8 heteroatoms. The maximum absolute atomic E-state index is 13.6. The van der Waals surface area contributed by atoms with Gasteiger partial charge in [-0.05, 0) is 30.5 Å². The lowest BCUT2D eigenvalue weighted by Gasteiger charge is -2.18. The van der Waals surface area contributed by atoms with Crippen molar-refractivity contribution in [1.29, 1.82) is 0 Å². The highest BCUT2D eigenvalue weighted by atomic mass is 19.1. The Hall–Kier alpha value is -3.55. The molecule has 0 radical (unpaired) electrons. The zero-order valence-corrected chi connectivity index (χ0v) is 16.9. The third-order valence-corrected chi connectivity index (χ3v) is 5.53. The van der Waals surface area contributed by atoms with Gasteiger partial charge in [0.25, 0.3) is 5.56 Å². The number of aromatic nitrogens is 2. The molecule has 3 aromatic rings. The Balaban J connectivity index is 1.57. The van der Waals surface area contributed by atoms with Gasteiger partial charge in [0.05, 0.1) is 18.0 Å². The second-order valence-electron chi connectivity index (χ2n) is 7.48. The van der Waals surface area contributed by atoms with Gasteiger partial charge in [0.2, 0.25) is 0 Å². The lowest BCUT2D eigenvalue weighted by Crippen LogP contribution is -2.29. The molecular formula is C23H21FN2O5. The third-order valence-electron chi connectivity index (χ3n) is 5.53. The van der Waals surface area contributed by atoms with Crippen LogP contribution in [0.3, 0.4) is 0 Å². The molecule has 0 aliphatic carbocycles. The summed E-state index contributed by atoms with van der Waals surface area (Å²) in [5, 5.41) is 0.331. The predicted octanol–water partition coefficient (Wildman–Crippen LogP) is 2.95. The van der Waals surface area contributed by atoms with Gasteiger partial charge in [-0.25, -0.2) is 9.37 Å². The van der Waals surface area contributed by atoms with E-state index in [9.17, 15) is 18.8 Å². The van der Waals surface area contributed by atoms with E-state index in [0.717, 1.165) is 5.56 Å². The molecule has 1 aliphatic heterocycles. The first-order valence-corrected chi connectivity index (χ1v) is 9.96. The van der Waals surface area contributed by atoms with E-state index < -0.39 is 23.7 Å². The van der Waals surface area contributed by atoms with E-state index in [1.165, 1.54) is 29.9 Å². The lowest BCUT2D eigenvalue weighted by molar-refractivity contribution is -0.162. The summed E-state index contributed by atoms with van der Waals surface area (Å²) in [6.07, 6.45) is 0.619. The standard InChI is InChI=1S/C23H21FN2O5/c1-30-22(28)18(23(29)31-13-14-5-3-2-4-6-14)11-15-9-10-26-20(15)25-19-12-16(24)7-8-17(19)21(26)27/h2-8,12,15,18H,9-11,13H2,1H3. The van der Waals surface area contributed by atoms with Gasteiger partial charge in [-0.15, -0.1) is 0 Å². The summed E-state index contributed by atoms with van der Waals surface area (Å²) in [4.78, 5) is 42.2. The molecule has 0 spiro atoms. The van der Waals surface area contributed by atoms with Crippen molar-refractivity contribution in [3.05, 3.63) is 76.1 Å². The van der Waals surface area contributed by atoms with Gasteiger partial charge >= 0.3 is 11.9 Å². The van der Waals surface area contributed by atoms with Crippen LogP contribution in [-0.4, -0.2) is 28.6 Å². The number of esters is 2. The van der Waals surface area contributed by atoms with E-state index in [1.807, 2.05) is 30.3 Å². The molecule has 2 unspecified atom stereocenters. The van der Waals surface area contributed by atoms with Crippen molar-refractivity contribution >= 4 is 22.8 Å². The summed E-state index contributed by atoms with van der Waals surface area (Å²) in [7, 11) is 1.21. The smallest absolute Gasteiger partial charge is 0.320 e. The Morgan fingerprint density at radius 3 is 2.71 bits per heavy atom. The summed E-state index contributed by atoms with van der Waals surface area (Å²) in [5.74, 6) is -2.93. The number of carbonyl (C=O) groups is 2. The molecular weight excluding hydrogens is 403 g/mol. The van der Waals surface area contributed by atoms with E-state index in [-0.39, 0.29) is 30.0 Å². The predicted molar refractivity (Wildman–Crippen MR) is 110 cm³/mol. The largest absolute Gasteiger partial charge is 0.468 e. The second kappa shape index (κ2) is 8.67. The van der Waals surface area contributed by atoms with Gasteiger partial charge in [0.15, 0.2) is 5.92 Å². The summed E-state index contributed by atoms with van der Waals surface area (Å²) in [6.45, 7) is 0.447. The number of carbonyl (C=O) groups excluding carboxylic acids is 2. The molecule has 2 aromatic carbocycles. The van der Waals surface area contributed by atoms with Crippen LogP contribution in [0.1, 0.15) is 30.1 Å². The van der Waals surface area contributed by atoms with Gasteiger partial charge in [0.1, 0.15) is 18.2 Å². The Bertz CT molecular complexity index is 1190. The van der Waals surface area contributed by atoms with Gasteiger partial charge in [-0.1, -0.05) is 30.3 Å². The first-order valence-electron chi connectivity index (χ1n) is 9.96. The zero-order chi connectivity index (χ0) is 22.0. The second-order valence-corrected chi connectivity index (χ2v) is 7.48. The minimum Gasteiger partial charge on any atom is -0.468 e. The average molecular weight is 424 g/mol. The molecule has 0 saturated carbocycles. The fourth-order valence-electron chi connectivity index (χ4n) is 3.92. The van der Waals surface area contributed by atoms with Gasteiger partial charge in [-0.3, -0.25) is 19.0 Å². The van der Waals surface area contributed by atoms with Crippen molar-refractivity contribution in [1.82, 2.24) is 9.55 Å². The van der Waals surface area contributed by atoms with Crippen LogP contribution in [0, 0.1) is 11.7 Å². The maximum atomic E-state index is 13.6. The van der Waals surface area contributed by atoms with Crippen LogP contribution < -0.4 is 5.56 Å². The first-order chi connectivity index (χ1) is 15.0. The third kappa shape index (κ3) is 4.19. The molecule has 0 N–H and O–H groups in total. The molecule has 2 atom stereocenters. The number of halogens is 1. The zero-order valence-electron chi connectivity index (χ0n) is 16.9. The molecule has 4 rings (SSSR count). The van der Waals surface area contributed by atoms with Crippen molar-refractivity contribution in [3.8, 4) is 0 Å². The normalized spacial score (nSPS) is 16.0. The quantitative estimate of drug-likeness (QED) is 0.447. The molecule has 0 fully saturated rings. The molecule has 0 bridgehead atoms. The monoisotopic (exact) mass is 424 g/mol. The highest BCUT2D eigenvalue weighted by Gasteiger charge is 2.36. The molecule has 160 valence electrons. The Morgan fingerprint density at radius 1 is 1.19 bits per heavy atom. The topological polar surface area (TPSA) is 87.5 Å². The molecule has 1 aromatic heterocycles. The number of rotatable bonds is 6. The first kappa shape index (κ1) is 20.7. The number of nitrogens with zero attached hydrogens (tertiary/aromatic N) is 2. The fourth-order valence-corrected chi connectivity index (χ4v) is 3.92. The van der Waals surface area contributed by atoms with Crippen molar-refractivity contribution in [2.75, 3.05) is 7.11 Å². The van der Waals surface area contributed by atoms with Gasteiger partial charge < -0.3 is 9.47 Å². The summed E-state index contributed by atoms with van der Waals surface area (Å²) in [6, 6.07) is 13.0. The van der Waals surface area contributed by atoms with Crippen LogP contribution in [0.25, 0.3) is 10.9 Å². The van der Waals surface area contributed by atoms with Crippen LogP contribution in [0.15, 0.2) is 53.3 Å². The lowest BCUT2D eigenvalue weighted by atomic mass is 9.93. The molecule has 7 nitrogen and oxygen atoms in total. The van der Waals surface area contributed by atoms with Crippen LogP contribution in [-0.2, 0) is 32.2 Å². The number of ether oxygens (including phenoxy) is 2. The Morgan fingerprint density at radius 2 is 1.97 bits per heavy atom. The number of hydrogen-bond donors (Lipinski definition) is 0. The molecule has 1 aliphatic rings. The molecule has 0 amide bonds. The summed E-state index contributed by atoms with van der Waals surface area (Å²) < 4.78 is 25.3. The van der Waals surface area contributed by atoms with Gasteiger partial charge in [0, 0.05) is 18.5 Å². The number of hydrogen-bond acceptors (Lipinski definition) is 6. The van der Waals surface area contributed by atoms with Crippen LogP contribution >= 0.6 is 0 Å². The van der Waals surface area contributed by atoms with Crippen molar-refractivity contribution in [2.24, 2.45) is 5.92 Å². The highest BCUT2D eigenvalue weighted by Crippen LogP contribution is 2.33. The maximum Gasteiger partial charge on any atom is 0.320 e. The molecule has 0 saturated heterocycles. The average Bonchev–Trinajstić information content (AvgIpc) is 3.18. The van der Waals surface area contributed by atoms with E-state index in [2.05, 4.69) is 4.98 Å². The number of methoxy groups -OCH3 is 1. The van der Waals surface area contributed by atoms with Crippen molar-refractivity contribution in [3.63, 3.8) is 0 Å². The van der Waals surface area contributed by atoms with E-state index in [0.29, 0.717) is 24.2 Å². The van der Waals surface area contributed by atoms with Crippen LogP contribution in [0.5, 0.6) is 0 Å². The Labute approximate surface area is 177 Å². The van der Waals surface area contributed by atoms with E-state index in [1.54, 1.807) is 0 Å². The Kier molecular flexibility index (Phi) is 5.79. The SMILES string of the molecule is COC(=O)C(CC1CCn2c1nc1cc(F)ccc1c2=O)C(=O)OCc1ccccc1. The number of benzene rings is 2. The number of fused-ring (bicyclic) bond motifs is 2. The molecule has 31 heavy (non-hydrogen) atoms. The summed E-state index contributed by atoms with van der Waals surface area (Å²) >= 11 is 0.